The molecule has 0 spiro atoms. The van der Waals surface area contributed by atoms with E-state index in [9.17, 15) is 9.59 Å². The third kappa shape index (κ3) is 3.73. The Bertz CT molecular complexity index is 807. The van der Waals surface area contributed by atoms with Crippen molar-refractivity contribution in [1.82, 2.24) is 0 Å². The first kappa shape index (κ1) is 18.4. The summed E-state index contributed by atoms with van der Waals surface area (Å²) in [6.07, 6.45) is 2.20. The number of ether oxygens (including phenoxy) is 2. The molecule has 1 aliphatic carbocycles. The molecule has 26 heavy (non-hydrogen) atoms. The van der Waals surface area contributed by atoms with Crippen LogP contribution >= 0.6 is 11.3 Å². The van der Waals surface area contributed by atoms with Gasteiger partial charge in [0.15, 0.2) is 5.78 Å². The molecule has 136 valence electrons. The largest absolute Gasteiger partial charge is 0.494 e. The second-order valence-electron chi connectivity index (χ2n) is 6.06. The maximum atomic E-state index is 12.9. The molecule has 2 aromatic rings. The number of carbonyl (C=O) groups is 2. The van der Waals surface area contributed by atoms with Crippen LogP contribution in [0.1, 0.15) is 36.6 Å². The fourth-order valence-electron chi connectivity index (χ4n) is 3.38. The number of rotatable bonds is 6. The highest BCUT2D eigenvalue weighted by molar-refractivity contribution is 7.11. The molecule has 0 saturated carbocycles. The van der Waals surface area contributed by atoms with Crippen molar-refractivity contribution in [1.29, 1.82) is 0 Å². The van der Waals surface area contributed by atoms with Gasteiger partial charge >= 0.3 is 5.97 Å². The number of ketones is 1. The average Bonchev–Trinajstić information content (AvgIpc) is 3.16. The van der Waals surface area contributed by atoms with Crippen molar-refractivity contribution in [3.8, 4) is 5.75 Å². The van der Waals surface area contributed by atoms with Gasteiger partial charge in [-0.25, -0.2) is 0 Å². The van der Waals surface area contributed by atoms with Gasteiger partial charge in [-0.3, -0.25) is 9.59 Å². The Morgan fingerprint density at radius 1 is 1.15 bits per heavy atom. The van der Waals surface area contributed by atoms with Crippen molar-refractivity contribution in [3.05, 3.63) is 58.3 Å². The van der Waals surface area contributed by atoms with Crippen LogP contribution in [0.15, 0.2) is 47.9 Å². The van der Waals surface area contributed by atoms with Gasteiger partial charge in [0.25, 0.3) is 0 Å². The van der Waals surface area contributed by atoms with Crippen molar-refractivity contribution < 1.29 is 19.1 Å². The predicted molar refractivity (Wildman–Crippen MR) is 102 cm³/mol. The molecule has 4 nitrogen and oxygen atoms in total. The second kappa shape index (κ2) is 8.32. The zero-order valence-corrected chi connectivity index (χ0v) is 15.8. The van der Waals surface area contributed by atoms with Crippen molar-refractivity contribution >= 4 is 28.7 Å². The summed E-state index contributed by atoms with van der Waals surface area (Å²) in [5, 5.41) is 1.99. The number of hydrogen-bond acceptors (Lipinski definition) is 5. The lowest BCUT2D eigenvalue weighted by Crippen LogP contribution is -2.34. The smallest absolute Gasteiger partial charge is 0.317 e. The van der Waals surface area contributed by atoms with Crippen LogP contribution in [0.2, 0.25) is 0 Å². The Morgan fingerprint density at radius 2 is 1.96 bits per heavy atom. The van der Waals surface area contributed by atoms with E-state index in [1.807, 2.05) is 48.7 Å². The van der Waals surface area contributed by atoms with E-state index in [1.165, 1.54) is 0 Å². The normalized spacial score (nSPS) is 19.8. The summed E-state index contributed by atoms with van der Waals surface area (Å²) in [5.41, 5.74) is 1.84. The molecule has 0 fully saturated rings. The lowest BCUT2D eigenvalue weighted by Gasteiger charge is -2.30. The number of para-hydroxylation sites is 1. The first-order chi connectivity index (χ1) is 12.7. The van der Waals surface area contributed by atoms with E-state index >= 15 is 0 Å². The SMILES string of the molecule is CCOC(=O)[C@@H]1C(=O)C=C(c2cccs2)C[C@@H]1c1ccccc1OCC. The maximum absolute atomic E-state index is 12.9. The third-order valence-corrected chi connectivity index (χ3v) is 5.41. The highest BCUT2D eigenvalue weighted by Gasteiger charge is 2.41. The van der Waals surface area contributed by atoms with Crippen LogP contribution in [-0.4, -0.2) is 25.0 Å². The molecule has 1 aliphatic rings. The maximum Gasteiger partial charge on any atom is 0.317 e. The molecule has 0 N–H and O–H groups in total. The van der Waals surface area contributed by atoms with Gasteiger partial charge in [-0.2, -0.15) is 0 Å². The highest BCUT2D eigenvalue weighted by atomic mass is 32.1. The van der Waals surface area contributed by atoms with Gasteiger partial charge < -0.3 is 9.47 Å². The zero-order valence-electron chi connectivity index (χ0n) is 14.9. The fourth-order valence-corrected chi connectivity index (χ4v) is 4.14. The quantitative estimate of drug-likeness (QED) is 0.556. The summed E-state index contributed by atoms with van der Waals surface area (Å²) < 4.78 is 11.0. The number of thiophene rings is 1. The molecule has 1 aromatic carbocycles. The van der Waals surface area contributed by atoms with E-state index in [4.69, 9.17) is 9.47 Å². The molecular weight excluding hydrogens is 348 g/mol. The summed E-state index contributed by atoms with van der Waals surface area (Å²) >= 11 is 1.60. The van der Waals surface area contributed by atoms with Gasteiger partial charge in [0.2, 0.25) is 0 Å². The van der Waals surface area contributed by atoms with Gasteiger partial charge in [-0.15, -0.1) is 11.3 Å². The van der Waals surface area contributed by atoms with Crippen LogP contribution in [0, 0.1) is 5.92 Å². The van der Waals surface area contributed by atoms with Gasteiger partial charge in [0.1, 0.15) is 11.7 Å². The molecule has 0 radical (unpaired) electrons. The second-order valence-corrected chi connectivity index (χ2v) is 7.01. The third-order valence-electron chi connectivity index (χ3n) is 4.46. The minimum absolute atomic E-state index is 0.200. The van der Waals surface area contributed by atoms with E-state index in [0.717, 1.165) is 21.8 Å². The monoisotopic (exact) mass is 370 g/mol. The van der Waals surface area contributed by atoms with E-state index in [-0.39, 0.29) is 18.3 Å². The van der Waals surface area contributed by atoms with Crippen molar-refractivity contribution in [3.63, 3.8) is 0 Å². The molecular formula is C21H22O4S. The summed E-state index contributed by atoms with van der Waals surface area (Å²) in [6.45, 7) is 4.45. The lowest BCUT2D eigenvalue weighted by atomic mass is 9.74. The number of esters is 1. The Hall–Kier alpha value is -2.40. The Morgan fingerprint density at radius 3 is 2.65 bits per heavy atom. The van der Waals surface area contributed by atoms with Gasteiger partial charge in [0.05, 0.1) is 13.2 Å². The Labute approximate surface area is 157 Å². The fraction of sp³-hybridized carbons (Fsp3) is 0.333. The molecule has 0 saturated heterocycles. The van der Waals surface area contributed by atoms with E-state index in [0.29, 0.717) is 13.0 Å². The predicted octanol–water partition coefficient (Wildman–Crippen LogP) is 4.47. The van der Waals surface area contributed by atoms with Crippen molar-refractivity contribution in [2.45, 2.75) is 26.2 Å². The number of allylic oxidation sites excluding steroid dienone is 2. The molecule has 0 bridgehead atoms. The minimum Gasteiger partial charge on any atom is -0.494 e. The van der Waals surface area contributed by atoms with Crippen molar-refractivity contribution in [2.24, 2.45) is 5.92 Å². The topological polar surface area (TPSA) is 52.6 Å². The van der Waals surface area contributed by atoms with Gasteiger partial charge in [0, 0.05) is 10.8 Å². The van der Waals surface area contributed by atoms with E-state index < -0.39 is 11.9 Å². The lowest BCUT2D eigenvalue weighted by molar-refractivity contribution is -0.151. The molecule has 3 rings (SSSR count). The number of carbonyl (C=O) groups excluding carboxylic acids is 2. The van der Waals surface area contributed by atoms with Crippen molar-refractivity contribution in [2.75, 3.05) is 13.2 Å². The summed E-state index contributed by atoms with van der Waals surface area (Å²) in [6, 6.07) is 11.6. The van der Waals surface area contributed by atoms with E-state index in [1.54, 1.807) is 24.3 Å². The molecule has 1 aromatic heterocycles. The molecule has 5 heteroatoms. The first-order valence-corrected chi connectivity index (χ1v) is 9.70. The van der Waals surface area contributed by atoms with Gasteiger partial charge in [-0.1, -0.05) is 24.3 Å². The molecule has 0 unspecified atom stereocenters. The molecule has 2 atom stereocenters. The van der Waals surface area contributed by atoms with Crippen LogP contribution in [0.25, 0.3) is 5.57 Å². The van der Waals surface area contributed by atoms with Crippen LogP contribution in [-0.2, 0) is 14.3 Å². The molecule has 0 aliphatic heterocycles. The summed E-state index contributed by atoms with van der Waals surface area (Å²) in [4.78, 5) is 26.5. The molecule has 0 amide bonds. The Kier molecular flexibility index (Phi) is 5.89. The highest BCUT2D eigenvalue weighted by Crippen LogP contribution is 2.44. The molecule has 1 heterocycles. The van der Waals surface area contributed by atoms with Crippen LogP contribution in [0.4, 0.5) is 0 Å². The number of hydrogen-bond donors (Lipinski definition) is 0. The van der Waals surface area contributed by atoms with Gasteiger partial charge in [-0.05, 0) is 55.0 Å². The Balaban J connectivity index is 2.05. The number of benzene rings is 1. The van der Waals surface area contributed by atoms with E-state index in [2.05, 4.69) is 0 Å². The summed E-state index contributed by atoms with van der Waals surface area (Å²) in [5.74, 6) is -1.08. The van der Waals surface area contributed by atoms with Crippen LogP contribution < -0.4 is 4.74 Å². The van der Waals surface area contributed by atoms with Crippen LogP contribution in [0.5, 0.6) is 5.75 Å². The van der Waals surface area contributed by atoms with Crippen LogP contribution in [0.3, 0.4) is 0 Å². The first-order valence-electron chi connectivity index (χ1n) is 8.82. The average molecular weight is 370 g/mol. The summed E-state index contributed by atoms with van der Waals surface area (Å²) in [7, 11) is 0. The standard InChI is InChI=1S/C21H22O4S/c1-3-24-18-9-6-5-8-15(18)16-12-14(19-10-7-11-26-19)13-17(22)20(16)21(23)25-4-2/h5-11,13,16,20H,3-4,12H2,1-2H3/t16-,20+/m1/s1. The minimum atomic E-state index is -0.833. The zero-order chi connectivity index (χ0) is 18.5.